The molecular formula is C17H27NO3. The van der Waals surface area contributed by atoms with Crippen LogP contribution in [0.15, 0.2) is 24.3 Å². The van der Waals surface area contributed by atoms with E-state index < -0.39 is 5.60 Å². The molecule has 1 heterocycles. The lowest BCUT2D eigenvalue weighted by Gasteiger charge is -2.41. The molecule has 21 heavy (non-hydrogen) atoms. The summed E-state index contributed by atoms with van der Waals surface area (Å²) in [5, 5.41) is 14.0. The van der Waals surface area contributed by atoms with E-state index in [2.05, 4.69) is 17.4 Å². The monoisotopic (exact) mass is 293 g/mol. The van der Waals surface area contributed by atoms with E-state index in [1.807, 2.05) is 26.0 Å². The second-order valence-corrected chi connectivity index (χ2v) is 6.53. The van der Waals surface area contributed by atoms with Crippen molar-refractivity contribution in [3.63, 3.8) is 0 Å². The maximum atomic E-state index is 10.6. The van der Waals surface area contributed by atoms with Crippen LogP contribution in [0.1, 0.15) is 38.7 Å². The van der Waals surface area contributed by atoms with E-state index in [0.717, 1.165) is 31.7 Å². The molecule has 1 unspecified atom stereocenters. The van der Waals surface area contributed by atoms with Crippen molar-refractivity contribution in [2.24, 2.45) is 0 Å². The normalized spacial score (nSPS) is 24.8. The average molecular weight is 293 g/mol. The molecule has 0 aromatic heterocycles. The van der Waals surface area contributed by atoms with Crippen LogP contribution in [0.4, 0.5) is 0 Å². The minimum Gasteiger partial charge on any atom is -0.497 e. The number of methoxy groups -OCH3 is 1. The Labute approximate surface area is 127 Å². The summed E-state index contributed by atoms with van der Waals surface area (Å²) in [4.78, 5) is 0. The Bertz CT molecular complexity index is 444. The molecule has 2 N–H and O–H groups in total. The Morgan fingerprint density at radius 1 is 1.29 bits per heavy atom. The fourth-order valence-electron chi connectivity index (χ4n) is 2.96. The van der Waals surface area contributed by atoms with Crippen molar-refractivity contribution in [1.29, 1.82) is 0 Å². The molecule has 0 spiro atoms. The Kier molecular flexibility index (Phi) is 5.25. The molecule has 1 atom stereocenters. The highest BCUT2D eigenvalue weighted by Crippen LogP contribution is 2.33. The van der Waals surface area contributed by atoms with Gasteiger partial charge in [-0.2, -0.15) is 0 Å². The van der Waals surface area contributed by atoms with Gasteiger partial charge in [0.1, 0.15) is 5.75 Å². The zero-order chi connectivity index (χ0) is 15.3. The smallest absolute Gasteiger partial charge is 0.118 e. The quantitative estimate of drug-likeness (QED) is 0.791. The fourth-order valence-corrected chi connectivity index (χ4v) is 2.96. The van der Waals surface area contributed by atoms with E-state index >= 15 is 0 Å². The third-order valence-electron chi connectivity index (χ3n) is 4.07. The summed E-state index contributed by atoms with van der Waals surface area (Å²) < 4.78 is 10.8. The van der Waals surface area contributed by atoms with Crippen LogP contribution >= 0.6 is 0 Å². The SMILES string of the molecule is COc1ccc(CNCCC2(O)CCOC(C)(C)C2)cc1. The molecule has 1 fully saturated rings. The van der Waals surface area contributed by atoms with Crippen molar-refractivity contribution < 1.29 is 14.6 Å². The molecule has 1 aliphatic rings. The van der Waals surface area contributed by atoms with Crippen molar-refractivity contribution in [2.45, 2.75) is 50.9 Å². The molecule has 0 amide bonds. The van der Waals surface area contributed by atoms with Crippen LogP contribution in [0.5, 0.6) is 5.75 Å². The molecule has 0 bridgehead atoms. The van der Waals surface area contributed by atoms with E-state index in [-0.39, 0.29) is 5.60 Å². The summed E-state index contributed by atoms with van der Waals surface area (Å²) in [6.45, 7) is 6.34. The number of rotatable bonds is 6. The molecule has 1 aromatic carbocycles. The third-order valence-corrected chi connectivity index (χ3v) is 4.07. The van der Waals surface area contributed by atoms with Crippen LogP contribution in [-0.2, 0) is 11.3 Å². The number of benzene rings is 1. The van der Waals surface area contributed by atoms with Gasteiger partial charge in [0.15, 0.2) is 0 Å². The Balaban J connectivity index is 1.73. The first-order valence-electron chi connectivity index (χ1n) is 7.63. The maximum Gasteiger partial charge on any atom is 0.118 e. The van der Waals surface area contributed by atoms with Gasteiger partial charge in [0.05, 0.1) is 24.9 Å². The first kappa shape index (κ1) is 16.3. The van der Waals surface area contributed by atoms with Gasteiger partial charge in [-0.15, -0.1) is 0 Å². The van der Waals surface area contributed by atoms with Gasteiger partial charge in [-0.1, -0.05) is 12.1 Å². The third kappa shape index (κ3) is 4.99. The van der Waals surface area contributed by atoms with E-state index in [0.29, 0.717) is 13.0 Å². The number of hydrogen-bond acceptors (Lipinski definition) is 4. The van der Waals surface area contributed by atoms with Crippen LogP contribution < -0.4 is 10.1 Å². The highest BCUT2D eigenvalue weighted by atomic mass is 16.5. The van der Waals surface area contributed by atoms with Crippen LogP contribution in [0.3, 0.4) is 0 Å². The fraction of sp³-hybridized carbons (Fsp3) is 0.647. The largest absolute Gasteiger partial charge is 0.497 e. The predicted octanol–water partition coefficient (Wildman–Crippen LogP) is 2.50. The predicted molar refractivity (Wildman–Crippen MR) is 83.5 cm³/mol. The Morgan fingerprint density at radius 3 is 2.62 bits per heavy atom. The lowest BCUT2D eigenvalue weighted by molar-refractivity contribution is -0.146. The molecule has 118 valence electrons. The van der Waals surface area contributed by atoms with Gasteiger partial charge < -0.3 is 19.9 Å². The molecule has 1 aliphatic heterocycles. The summed E-state index contributed by atoms with van der Waals surface area (Å²) in [6.07, 6.45) is 2.18. The van der Waals surface area contributed by atoms with Gasteiger partial charge in [-0.05, 0) is 50.9 Å². The van der Waals surface area contributed by atoms with Crippen LogP contribution in [0.2, 0.25) is 0 Å². The average Bonchev–Trinajstić information content (AvgIpc) is 2.43. The van der Waals surface area contributed by atoms with Crippen molar-refractivity contribution in [3.05, 3.63) is 29.8 Å². The second kappa shape index (κ2) is 6.77. The topological polar surface area (TPSA) is 50.7 Å². The molecule has 1 aromatic rings. The standard InChI is InChI=1S/C17H27NO3/c1-16(2)13-17(19,9-11-21-16)8-10-18-12-14-4-6-15(20-3)7-5-14/h4-7,18-19H,8-13H2,1-3H3. The zero-order valence-corrected chi connectivity index (χ0v) is 13.3. The molecule has 2 rings (SSSR count). The van der Waals surface area contributed by atoms with Crippen molar-refractivity contribution in [1.82, 2.24) is 5.32 Å². The number of hydrogen-bond donors (Lipinski definition) is 2. The van der Waals surface area contributed by atoms with Crippen LogP contribution in [0.25, 0.3) is 0 Å². The summed E-state index contributed by atoms with van der Waals surface area (Å²) in [7, 11) is 1.67. The lowest BCUT2D eigenvalue weighted by atomic mass is 9.82. The van der Waals surface area contributed by atoms with Crippen LogP contribution in [0, 0.1) is 0 Å². The molecule has 4 heteroatoms. The Morgan fingerprint density at radius 2 is 2.00 bits per heavy atom. The number of nitrogens with one attached hydrogen (secondary N) is 1. The molecule has 4 nitrogen and oxygen atoms in total. The van der Waals surface area contributed by atoms with Crippen molar-refractivity contribution in [3.8, 4) is 5.75 Å². The summed E-state index contributed by atoms with van der Waals surface area (Å²) in [5.41, 5.74) is 0.396. The van der Waals surface area contributed by atoms with Gasteiger partial charge in [-0.25, -0.2) is 0 Å². The molecule has 0 saturated carbocycles. The summed E-state index contributed by atoms with van der Waals surface area (Å²) in [5.74, 6) is 0.873. The first-order valence-corrected chi connectivity index (χ1v) is 7.63. The van der Waals surface area contributed by atoms with Gasteiger partial charge in [-0.3, -0.25) is 0 Å². The van der Waals surface area contributed by atoms with E-state index in [4.69, 9.17) is 9.47 Å². The highest BCUT2D eigenvalue weighted by molar-refractivity contribution is 5.26. The van der Waals surface area contributed by atoms with Gasteiger partial charge in [0, 0.05) is 13.0 Å². The Hall–Kier alpha value is -1.10. The van der Waals surface area contributed by atoms with Crippen LogP contribution in [-0.4, -0.2) is 36.6 Å². The summed E-state index contributed by atoms with van der Waals surface area (Å²) >= 11 is 0. The minimum absolute atomic E-state index is 0.219. The maximum absolute atomic E-state index is 10.6. The van der Waals surface area contributed by atoms with E-state index in [1.54, 1.807) is 7.11 Å². The van der Waals surface area contributed by atoms with Gasteiger partial charge in [0.2, 0.25) is 0 Å². The van der Waals surface area contributed by atoms with E-state index in [9.17, 15) is 5.11 Å². The molecule has 1 saturated heterocycles. The molecular weight excluding hydrogens is 266 g/mol. The highest BCUT2D eigenvalue weighted by Gasteiger charge is 2.38. The molecule has 0 radical (unpaired) electrons. The van der Waals surface area contributed by atoms with Gasteiger partial charge in [0.25, 0.3) is 0 Å². The second-order valence-electron chi connectivity index (χ2n) is 6.53. The zero-order valence-electron chi connectivity index (χ0n) is 13.3. The van der Waals surface area contributed by atoms with E-state index in [1.165, 1.54) is 5.56 Å². The lowest BCUT2D eigenvalue weighted by Crippen LogP contribution is -2.47. The minimum atomic E-state index is -0.603. The van der Waals surface area contributed by atoms with Crippen molar-refractivity contribution >= 4 is 0 Å². The summed E-state index contributed by atoms with van der Waals surface area (Å²) in [6, 6.07) is 8.04. The molecule has 0 aliphatic carbocycles. The van der Waals surface area contributed by atoms with Crippen molar-refractivity contribution in [2.75, 3.05) is 20.3 Å². The number of aliphatic hydroxyl groups is 1. The first-order chi connectivity index (χ1) is 9.92. The number of ether oxygens (including phenoxy) is 2. The van der Waals surface area contributed by atoms with Gasteiger partial charge >= 0.3 is 0 Å².